The highest BCUT2D eigenvalue weighted by Crippen LogP contribution is 2.37. The third-order valence-corrected chi connectivity index (χ3v) is 7.87. The van der Waals surface area contributed by atoms with Gasteiger partial charge in [-0.25, -0.2) is 0 Å². The Balaban J connectivity index is 1.16. The van der Waals surface area contributed by atoms with E-state index in [0.29, 0.717) is 12.1 Å². The van der Waals surface area contributed by atoms with Crippen molar-refractivity contribution in [3.8, 4) is 16.9 Å². The molecule has 0 N–H and O–H groups in total. The molecular formula is C28H38N2O3. The van der Waals surface area contributed by atoms with E-state index in [1.807, 2.05) is 0 Å². The van der Waals surface area contributed by atoms with Gasteiger partial charge in [0.05, 0.1) is 38.6 Å². The van der Waals surface area contributed by atoms with E-state index in [2.05, 4.69) is 72.2 Å². The topological polar surface area (TPSA) is 34.2 Å². The van der Waals surface area contributed by atoms with Crippen molar-refractivity contribution in [1.82, 2.24) is 9.80 Å². The van der Waals surface area contributed by atoms with Gasteiger partial charge in [0.2, 0.25) is 0 Å². The minimum Gasteiger partial charge on any atom is -0.494 e. The Morgan fingerprint density at radius 3 is 2.03 bits per heavy atom. The summed E-state index contributed by atoms with van der Waals surface area (Å²) < 4.78 is 17.2. The first-order valence-electron chi connectivity index (χ1n) is 12.7. The zero-order chi connectivity index (χ0) is 22.7. The molecule has 3 aliphatic heterocycles. The average molecular weight is 451 g/mol. The molecule has 2 atom stereocenters. The Hall–Kier alpha value is -1.92. The van der Waals surface area contributed by atoms with Crippen LogP contribution >= 0.6 is 0 Å². The van der Waals surface area contributed by atoms with Crippen LogP contribution in [0.2, 0.25) is 0 Å². The molecule has 3 heterocycles. The van der Waals surface area contributed by atoms with Crippen LogP contribution in [0.25, 0.3) is 11.1 Å². The molecule has 33 heavy (non-hydrogen) atoms. The fourth-order valence-electron chi connectivity index (χ4n) is 5.66. The van der Waals surface area contributed by atoms with E-state index >= 15 is 0 Å². The third kappa shape index (κ3) is 4.83. The van der Waals surface area contributed by atoms with Crippen molar-refractivity contribution in [1.29, 1.82) is 0 Å². The second-order valence-electron chi connectivity index (χ2n) is 9.94. The van der Waals surface area contributed by atoms with E-state index < -0.39 is 0 Å². The van der Waals surface area contributed by atoms with E-state index in [1.54, 1.807) is 0 Å². The fourth-order valence-corrected chi connectivity index (χ4v) is 5.66. The Bertz CT molecular complexity index is 878. The number of hydrogen-bond acceptors (Lipinski definition) is 5. The first-order valence-corrected chi connectivity index (χ1v) is 12.7. The molecule has 0 spiro atoms. The highest BCUT2D eigenvalue weighted by atomic mass is 16.5. The van der Waals surface area contributed by atoms with Crippen molar-refractivity contribution in [2.24, 2.45) is 0 Å². The molecule has 2 aromatic rings. The smallest absolute Gasteiger partial charge is 0.119 e. The summed E-state index contributed by atoms with van der Waals surface area (Å²) in [6.07, 6.45) is 3.73. The summed E-state index contributed by atoms with van der Waals surface area (Å²) in [5.74, 6) is 0.954. The van der Waals surface area contributed by atoms with Crippen LogP contribution in [0.15, 0.2) is 48.5 Å². The largest absolute Gasteiger partial charge is 0.494 e. The molecule has 2 unspecified atom stereocenters. The van der Waals surface area contributed by atoms with Gasteiger partial charge in [-0.05, 0) is 61.9 Å². The standard InChI is InChI=1S/C28H38N2O3/c1-22-4-5-23(2)30(22)14-3-17-33-27-12-8-25(9-13-27)24-6-10-26(11-7-24)28(20-32-21-28)29-15-18-31-19-16-29/h6-13,22-23H,3-5,14-21H2,1-2H3. The van der Waals surface area contributed by atoms with Gasteiger partial charge in [-0.2, -0.15) is 0 Å². The minimum absolute atomic E-state index is 0.0185. The molecule has 3 saturated heterocycles. The maximum atomic E-state index is 6.02. The molecule has 3 fully saturated rings. The molecule has 5 heteroatoms. The van der Waals surface area contributed by atoms with Crippen molar-refractivity contribution in [2.75, 3.05) is 52.7 Å². The Morgan fingerprint density at radius 2 is 1.45 bits per heavy atom. The molecule has 0 bridgehead atoms. The highest BCUT2D eigenvalue weighted by Gasteiger charge is 2.45. The first kappa shape index (κ1) is 22.9. The van der Waals surface area contributed by atoms with Gasteiger partial charge < -0.3 is 14.2 Å². The summed E-state index contributed by atoms with van der Waals surface area (Å²) in [4.78, 5) is 5.15. The second kappa shape index (κ2) is 10.1. The molecule has 0 radical (unpaired) electrons. The lowest BCUT2D eigenvalue weighted by Gasteiger charge is -2.51. The zero-order valence-corrected chi connectivity index (χ0v) is 20.2. The Morgan fingerprint density at radius 1 is 0.848 bits per heavy atom. The molecule has 5 nitrogen and oxygen atoms in total. The molecular weight excluding hydrogens is 412 g/mol. The number of likely N-dealkylation sites (tertiary alicyclic amines) is 1. The lowest BCUT2D eigenvalue weighted by atomic mass is 9.85. The van der Waals surface area contributed by atoms with Crippen molar-refractivity contribution >= 4 is 0 Å². The van der Waals surface area contributed by atoms with Crippen LogP contribution in [0, 0.1) is 0 Å². The quantitative estimate of drug-likeness (QED) is 0.551. The van der Waals surface area contributed by atoms with Crippen LogP contribution in [-0.2, 0) is 15.0 Å². The van der Waals surface area contributed by atoms with E-state index in [0.717, 1.165) is 64.8 Å². The molecule has 178 valence electrons. The van der Waals surface area contributed by atoms with E-state index in [4.69, 9.17) is 14.2 Å². The Labute approximate surface area is 198 Å². The van der Waals surface area contributed by atoms with Gasteiger partial charge in [0.25, 0.3) is 0 Å². The number of hydrogen-bond donors (Lipinski definition) is 0. The number of morpholine rings is 1. The normalized spacial score (nSPS) is 25.6. The molecule has 0 amide bonds. The third-order valence-electron chi connectivity index (χ3n) is 7.87. The van der Waals surface area contributed by atoms with Crippen molar-refractivity contribution in [2.45, 2.75) is 50.7 Å². The second-order valence-corrected chi connectivity index (χ2v) is 9.94. The highest BCUT2D eigenvalue weighted by molar-refractivity contribution is 5.64. The van der Waals surface area contributed by atoms with Crippen LogP contribution in [0.3, 0.4) is 0 Å². The van der Waals surface area contributed by atoms with Gasteiger partial charge in [-0.15, -0.1) is 0 Å². The predicted molar refractivity (Wildman–Crippen MR) is 132 cm³/mol. The van der Waals surface area contributed by atoms with Crippen LogP contribution in [0.4, 0.5) is 0 Å². The summed E-state index contributed by atoms with van der Waals surface area (Å²) in [6, 6.07) is 19.0. The van der Waals surface area contributed by atoms with Crippen LogP contribution in [0.1, 0.15) is 38.7 Å². The first-order chi connectivity index (χ1) is 16.2. The number of ether oxygens (including phenoxy) is 3. The Kier molecular flexibility index (Phi) is 7.02. The summed E-state index contributed by atoms with van der Waals surface area (Å²) in [5, 5.41) is 0. The summed E-state index contributed by atoms with van der Waals surface area (Å²) in [7, 11) is 0. The van der Waals surface area contributed by atoms with Crippen LogP contribution in [-0.4, -0.2) is 74.6 Å². The molecule has 3 aliphatic rings. The van der Waals surface area contributed by atoms with Crippen molar-refractivity contribution in [3.63, 3.8) is 0 Å². The summed E-state index contributed by atoms with van der Waals surface area (Å²) >= 11 is 0. The number of rotatable bonds is 8. The van der Waals surface area contributed by atoms with E-state index in [-0.39, 0.29) is 5.54 Å². The van der Waals surface area contributed by atoms with Gasteiger partial charge >= 0.3 is 0 Å². The van der Waals surface area contributed by atoms with Crippen LogP contribution < -0.4 is 4.74 Å². The maximum absolute atomic E-state index is 6.02. The van der Waals surface area contributed by atoms with E-state index in [9.17, 15) is 0 Å². The number of nitrogens with zero attached hydrogens (tertiary/aromatic N) is 2. The molecule has 5 rings (SSSR count). The predicted octanol–water partition coefficient (Wildman–Crippen LogP) is 4.55. The van der Waals surface area contributed by atoms with Gasteiger partial charge in [0.15, 0.2) is 0 Å². The van der Waals surface area contributed by atoms with Gasteiger partial charge in [-0.3, -0.25) is 9.80 Å². The molecule has 0 aliphatic carbocycles. The molecule has 0 saturated carbocycles. The monoisotopic (exact) mass is 450 g/mol. The van der Waals surface area contributed by atoms with Crippen molar-refractivity contribution < 1.29 is 14.2 Å². The van der Waals surface area contributed by atoms with Crippen LogP contribution in [0.5, 0.6) is 5.75 Å². The zero-order valence-electron chi connectivity index (χ0n) is 20.2. The average Bonchev–Trinajstić information content (AvgIpc) is 3.15. The van der Waals surface area contributed by atoms with Gasteiger partial charge in [0.1, 0.15) is 5.75 Å². The minimum atomic E-state index is 0.0185. The number of benzene rings is 2. The lowest BCUT2D eigenvalue weighted by Crippen LogP contribution is -2.62. The summed E-state index contributed by atoms with van der Waals surface area (Å²) in [6.45, 7) is 11.7. The SMILES string of the molecule is CC1CCC(C)N1CCCOc1ccc(-c2ccc(C3(N4CCOCC4)COC3)cc2)cc1. The van der Waals surface area contributed by atoms with E-state index in [1.165, 1.54) is 29.5 Å². The fraction of sp³-hybridized carbons (Fsp3) is 0.571. The van der Waals surface area contributed by atoms with Crippen molar-refractivity contribution in [3.05, 3.63) is 54.1 Å². The lowest BCUT2D eigenvalue weighted by molar-refractivity contribution is -0.166. The molecule has 0 aromatic heterocycles. The van der Waals surface area contributed by atoms with Gasteiger partial charge in [0, 0.05) is 31.7 Å². The van der Waals surface area contributed by atoms with Gasteiger partial charge in [-0.1, -0.05) is 36.4 Å². The maximum Gasteiger partial charge on any atom is 0.119 e. The molecule has 2 aromatic carbocycles. The summed E-state index contributed by atoms with van der Waals surface area (Å²) in [5.41, 5.74) is 3.82.